The van der Waals surface area contributed by atoms with Gasteiger partial charge in [0.15, 0.2) is 37.6 Å². The van der Waals surface area contributed by atoms with Crippen LogP contribution in [0.1, 0.15) is 113 Å². The topological polar surface area (TPSA) is 492 Å². The second-order valence-electron chi connectivity index (χ2n) is 31.2. The summed E-state index contributed by atoms with van der Waals surface area (Å²) in [5.74, 6) is -1.12. The van der Waals surface area contributed by atoms with Crippen molar-refractivity contribution in [3.63, 3.8) is 0 Å². The highest BCUT2D eigenvalue weighted by molar-refractivity contribution is 5.79. The zero-order valence-electron chi connectivity index (χ0n) is 54.9. The molecule has 37 unspecified atom stereocenters. The van der Waals surface area contributed by atoms with Crippen LogP contribution in [0, 0.1) is 50.2 Å². The molecule has 10 fully saturated rings. The fourth-order valence-corrected chi connectivity index (χ4v) is 18.9. The molecule has 0 radical (unpaired) electrons. The summed E-state index contributed by atoms with van der Waals surface area (Å²) in [6.07, 6.45) is -42.0. The summed E-state index contributed by atoms with van der Waals surface area (Å²) in [6, 6.07) is 0. The number of ether oxygens (including phenoxy) is 12. The van der Waals surface area contributed by atoms with Crippen molar-refractivity contribution in [3.8, 4) is 0 Å². The van der Waals surface area contributed by atoms with Crippen LogP contribution in [0.4, 0.5) is 0 Å². The van der Waals surface area contributed by atoms with Crippen molar-refractivity contribution in [1.82, 2.24) is 0 Å². The summed E-state index contributed by atoms with van der Waals surface area (Å²) >= 11 is 0. The molecule has 6 saturated heterocycles. The summed E-state index contributed by atoms with van der Waals surface area (Å²) in [5, 5.41) is 195. The number of esters is 1. The molecule has 95 heavy (non-hydrogen) atoms. The molecule has 546 valence electrons. The van der Waals surface area contributed by atoms with Crippen LogP contribution in [-0.2, 0) is 61.6 Å². The van der Waals surface area contributed by atoms with E-state index in [4.69, 9.17) is 56.8 Å². The first-order valence-electron chi connectivity index (χ1n) is 33.6. The Balaban J connectivity index is 0.815. The first-order valence-corrected chi connectivity index (χ1v) is 33.6. The van der Waals surface area contributed by atoms with Crippen molar-refractivity contribution >= 4 is 5.97 Å². The van der Waals surface area contributed by atoms with E-state index in [0.29, 0.717) is 44.9 Å². The third kappa shape index (κ3) is 12.8. The number of aliphatic hydroxyl groups is 18. The van der Waals surface area contributed by atoms with E-state index in [9.17, 15) is 91.9 Å². The Morgan fingerprint density at radius 2 is 1.05 bits per heavy atom. The van der Waals surface area contributed by atoms with E-state index >= 15 is 4.79 Å². The molecule has 0 aromatic heterocycles. The van der Waals surface area contributed by atoms with Gasteiger partial charge in [-0.05, 0) is 110 Å². The standard InChI is InChI=1S/C64H104O31/c1-24-35(69)44(78)50(93-55-48(82)43(77)39(73)31(90-55)22-85-52-46(80)41(75)37(71)29(19-65)88-52)57(87-24)95-58(83)64-15-13-59(2,3)17-26(64)25-9-10-34-61(6)18-27(67)51(60(4,5)33(61)11-12-63(34,8)62(25,7)14-16-64)94-56-49(92-53-45(79)36(70)28(68)21-84-53)40(74)32(23-86-56)91-54-47(81)42(76)38(72)30(20-66)89-54/h9,24,26-57,65-82H,10-23H2,1-8H3. The van der Waals surface area contributed by atoms with Gasteiger partial charge in [-0.1, -0.05) is 60.1 Å². The third-order valence-electron chi connectivity index (χ3n) is 24.8. The van der Waals surface area contributed by atoms with Crippen LogP contribution in [0.15, 0.2) is 11.6 Å². The highest BCUT2D eigenvalue weighted by atomic mass is 16.8. The van der Waals surface area contributed by atoms with Gasteiger partial charge >= 0.3 is 5.97 Å². The molecule has 6 aliphatic heterocycles. The number of fused-ring (bicyclic) bond motifs is 7. The average Bonchev–Trinajstić information content (AvgIpc) is 0.674. The number of rotatable bonds is 15. The van der Waals surface area contributed by atoms with E-state index in [1.807, 2.05) is 13.8 Å². The van der Waals surface area contributed by atoms with Crippen molar-refractivity contribution in [3.05, 3.63) is 11.6 Å². The molecule has 11 rings (SSSR count). The Labute approximate surface area is 550 Å². The zero-order chi connectivity index (χ0) is 69.3. The molecule has 31 nitrogen and oxygen atoms in total. The molecule has 5 aliphatic carbocycles. The minimum absolute atomic E-state index is 0.0249. The molecule has 11 aliphatic rings. The minimum atomic E-state index is -2.01. The maximum atomic E-state index is 15.6. The SMILES string of the molecule is CC1OC(OC(=O)C23CCC(C)(C)CC2C2=CCC4C5(C)CC(O)C(OC6OCC(OC7OC(CO)C(O)C(O)C7O)C(O)C6OC6OCC(O)C(O)C6O)C(C)(C)C5CCC4(C)C2(C)CC3)C(OC2OC(COC3OC(CO)C(O)C(O)C3O)C(O)C(O)C2O)C(O)C1O. The molecular weight excluding hydrogens is 1260 g/mol. The highest BCUT2D eigenvalue weighted by Gasteiger charge is 2.71. The normalized spacial score (nSPS) is 54.6. The van der Waals surface area contributed by atoms with E-state index in [1.54, 1.807) is 0 Å². The van der Waals surface area contributed by atoms with E-state index in [0.717, 1.165) is 12.0 Å². The number of hydrogen-bond acceptors (Lipinski definition) is 31. The number of carbonyl (C=O) groups excluding carboxylic acids is 1. The second kappa shape index (κ2) is 27.7. The predicted molar refractivity (Wildman–Crippen MR) is 316 cm³/mol. The van der Waals surface area contributed by atoms with Gasteiger partial charge in [0.05, 0.1) is 56.8 Å². The molecule has 37 atom stereocenters. The van der Waals surface area contributed by atoms with Crippen molar-refractivity contribution in [2.45, 2.75) is 297 Å². The number of hydrogen-bond donors (Lipinski definition) is 18. The van der Waals surface area contributed by atoms with Crippen LogP contribution in [0.25, 0.3) is 0 Å². The number of aliphatic hydroxyl groups excluding tert-OH is 18. The fourth-order valence-electron chi connectivity index (χ4n) is 18.9. The summed E-state index contributed by atoms with van der Waals surface area (Å²) in [5.41, 5.74) is -2.53. The van der Waals surface area contributed by atoms with Crippen molar-refractivity contribution in [1.29, 1.82) is 0 Å². The summed E-state index contributed by atoms with van der Waals surface area (Å²) < 4.78 is 71.9. The van der Waals surface area contributed by atoms with Crippen LogP contribution in [0.5, 0.6) is 0 Å². The molecule has 6 heterocycles. The monoisotopic (exact) mass is 1370 g/mol. The summed E-state index contributed by atoms with van der Waals surface area (Å²) in [7, 11) is 0. The lowest BCUT2D eigenvalue weighted by atomic mass is 9.33. The minimum Gasteiger partial charge on any atom is -0.432 e. The first-order chi connectivity index (χ1) is 44.5. The van der Waals surface area contributed by atoms with Crippen molar-refractivity contribution < 1.29 is 154 Å². The third-order valence-corrected chi connectivity index (χ3v) is 24.8. The Bertz CT molecular complexity index is 2670. The lowest BCUT2D eigenvalue weighted by Gasteiger charge is -2.71. The number of carbonyl (C=O) groups is 1. The van der Waals surface area contributed by atoms with Gasteiger partial charge in [-0.15, -0.1) is 0 Å². The summed E-state index contributed by atoms with van der Waals surface area (Å²) in [6.45, 7) is 13.6. The fraction of sp³-hybridized carbons (Fsp3) is 0.953. The summed E-state index contributed by atoms with van der Waals surface area (Å²) in [4.78, 5) is 15.6. The van der Waals surface area contributed by atoms with Crippen molar-refractivity contribution in [2.75, 3.05) is 33.0 Å². The quantitative estimate of drug-likeness (QED) is 0.0414. The van der Waals surface area contributed by atoms with E-state index < -0.39 is 250 Å². The molecule has 0 aromatic rings. The van der Waals surface area contributed by atoms with E-state index in [2.05, 4.69) is 40.7 Å². The van der Waals surface area contributed by atoms with Crippen LogP contribution in [0.3, 0.4) is 0 Å². The molecule has 0 spiro atoms. The average molecular weight is 1370 g/mol. The Kier molecular flexibility index (Phi) is 21.6. The van der Waals surface area contributed by atoms with Crippen molar-refractivity contribution in [2.24, 2.45) is 50.2 Å². The Hall–Kier alpha value is -1.95. The lowest BCUT2D eigenvalue weighted by molar-refractivity contribution is -0.380. The van der Waals surface area contributed by atoms with Gasteiger partial charge in [0.2, 0.25) is 6.29 Å². The maximum absolute atomic E-state index is 15.6. The molecule has 0 aromatic carbocycles. The lowest BCUT2D eigenvalue weighted by Crippen LogP contribution is -2.68. The highest BCUT2D eigenvalue weighted by Crippen LogP contribution is 2.76. The van der Waals surface area contributed by atoms with Crippen LogP contribution in [-0.4, -0.2) is 315 Å². The molecule has 0 amide bonds. The molecular formula is C64H104O31. The van der Waals surface area contributed by atoms with Gasteiger partial charge in [-0.25, -0.2) is 0 Å². The van der Waals surface area contributed by atoms with E-state index in [-0.39, 0.29) is 29.6 Å². The smallest absolute Gasteiger partial charge is 0.315 e. The maximum Gasteiger partial charge on any atom is 0.315 e. The van der Waals surface area contributed by atoms with Crippen LogP contribution >= 0.6 is 0 Å². The van der Waals surface area contributed by atoms with Gasteiger partial charge in [0.25, 0.3) is 0 Å². The van der Waals surface area contributed by atoms with E-state index in [1.165, 1.54) is 6.92 Å². The predicted octanol–water partition coefficient (Wildman–Crippen LogP) is -5.11. The molecule has 18 N–H and O–H groups in total. The van der Waals surface area contributed by atoms with Crippen LogP contribution in [0.2, 0.25) is 0 Å². The Morgan fingerprint density at radius 1 is 0.505 bits per heavy atom. The van der Waals surface area contributed by atoms with Crippen LogP contribution < -0.4 is 0 Å². The Morgan fingerprint density at radius 3 is 1.69 bits per heavy atom. The zero-order valence-corrected chi connectivity index (χ0v) is 54.9. The van der Waals surface area contributed by atoms with Gasteiger partial charge in [-0.2, -0.15) is 0 Å². The van der Waals surface area contributed by atoms with Gasteiger partial charge < -0.3 is 149 Å². The first kappa shape index (κ1) is 74.2. The van der Waals surface area contributed by atoms with Gasteiger partial charge in [0, 0.05) is 0 Å². The molecule has 31 heteroatoms. The van der Waals surface area contributed by atoms with Gasteiger partial charge in [-0.3, -0.25) is 4.79 Å². The molecule has 4 saturated carbocycles. The van der Waals surface area contributed by atoms with Gasteiger partial charge in [0.1, 0.15) is 122 Å². The largest absolute Gasteiger partial charge is 0.432 e. The second-order valence-corrected chi connectivity index (χ2v) is 31.2. The number of allylic oxidation sites excluding steroid dienone is 2. The molecule has 0 bridgehead atoms.